The zero-order valence-electron chi connectivity index (χ0n) is 10.1. The number of nitrogens with two attached hydrogens (primary N) is 1. The molecule has 1 aromatic rings. The van der Waals surface area contributed by atoms with E-state index >= 15 is 0 Å². The Bertz CT molecular complexity index is 378. The van der Waals surface area contributed by atoms with Gasteiger partial charge in [0.1, 0.15) is 0 Å². The van der Waals surface area contributed by atoms with Gasteiger partial charge in [-0.1, -0.05) is 13.3 Å². The first-order valence-corrected chi connectivity index (χ1v) is 5.85. The van der Waals surface area contributed by atoms with E-state index in [-0.39, 0.29) is 18.3 Å². The Balaban J connectivity index is 0.00000144. The minimum absolute atomic E-state index is 0. The van der Waals surface area contributed by atoms with Gasteiger partial charge < -0.3 is 10.6 Å². The third-order valence-corrected chi connectivity index (χ3v) is 3.31. The molecule has 1 amide bonds. The zero-order chi connectivity index (χ0) is 11.5. The summed E-state index contributed by atoms with van der Waals surface area (Å²) in [4.78, 5) is 14.0. The summed E-state index contributed by atoms with van der Waals surface area (Å²) < 4.78 is 0. The molecule has 0 aliphatic carbocycles. The van der Waals surface area contributed by atoms with Gasteiger partial charge >= 0.3 is 0 Å². The highest BCUT2D eigenvalue weighted by Gasteiger charge is 2.25. The largest absolute Gasteiger partial charge is 0.399 e. The van der Waals surface area contributed by atoms with Crippen LogP contribution >= 0.6 is 12.4 Å². The maximum Gasteiger partial charge on any atom is 0.253 e. The molecule has 0 bridgehead atoms. The Morgan fingerprint density at radius 2 is 2.06 bits per heavy atom. The molecular formula is C13H19ClN2O. The lowest BCUT2D eigenvalue weighted by atomic mass is 10.1. The highest BCUT2D eigenvalue weighted by Crippen LogP contribution is 2.21. The lowest BCUT2D eigenvalue weighted by molar-refractivity contribution is 0.0787. The summed E-state index contributed by atoms with van der Waals surface area (Å²) >= 11 is 0. The fourth-order valence-electron chi connectivity index (χ4n) is 2.16. The first-order chi connectivity index (χ1) is 7.70. The Morgan fingerprint density at radius 3 is 2.59 bits per heavy atom. The number of halogens is 1. The Kier molecular flexibility index (Phi) is 4.82. The van der Waals surface area contributed by atoms with Crippen molar-refractivity contribution in [2.24, 2.45) is 5.92 Å². The molecule has 0 saturated carbocycles. The average Bonchev–Trinajstić information content (AvgIpc) is 2.77. The van der Waals surface area contributed by atoms with Gasteiger partial charge in [-0.2, -0.15) is 0 Å². The number of carbonyl (C=O) groups is 1. The summed E-state index contributed by atoms with van der Waals surface area (Å²) in [5, 5.41) is 0. The maximum absolute atomic E-state index is 12.1. The van der Waals surface area contributed by atoms with Crippen LogP contribution in [0, 0.1) is 5.92 Å². The van der Waals surface area contributed by atoms with Crippen LogP contribution in [0.1, 0.15) is 30.1 Å². The summed E-state index contributed by atoms with van der Waals surface area (Å²) in [5.74, 6) is 0.814. The van der Waals surface area contributed by atoms with E-state index in [1.807, 2.05) is 4.90 Å². The molecule has 0 radical (unpaired) electrons. The van der Waals surface area contributed by atoms with Gasteiger partial charge in [0.25, 0.3) is 5.91 Å². The van der Waals surface area contributed by atoms with Crippen LogP contribution in [0.15, 0.2) is 24.3 Å². The quantitative estimate of drug-likeness (QED) is 0.825. The molecule has 1 heterocycles. The number of rotatable bonds is 2. The molecule has 0 aromatic heterocycles. The van der Waals surface area contributed by atoms with E-state index in [0.717, 1.165) is 31.5 Å². The van der Waals surface area contributed by atoms with E-state index in [9.17, 15) is 4.79 Å². The van der Waals surface area contributed by atoms with E-state index in [0.29, 0.717) is 11.6 Å². The minimum Gasteiger partial charge on any atom is -0.399 e. The van der Waals surface area contributed by atoms with Crippen LogP contribution in [-0.4, -0.2) is 23.9 Å². The van der Waals surface area contributed by atoms with Crippen molar-refractivity contribution in [3.8, 4) is 0 Å². The molecule has 94 valence electrons. The van der Waals surface area contributed by atoms with Gasteiger partial charge in [-0.05, 0) is 36.6 Å². The van der Waals surface area contributed by atoms with Crippen molar-refractivity contribution in [3.05, 3.63) is 29.8 Å². The van der Waals surface area contributed by atoms with E-state index in [1.54, 1.807) is 24.3 Å². The average molecular weight is 255 g/mol. The summed E-state index contributed by atoms with van der Waals surface area (Å²) in [6, 6.07) is 7.16. The molecule has 17 heavy (non-hydrogen) atoms. The molecule has 4 heteroatoms. The Hall–Kier alpha value is -1.22. The monoisotopic (exact) mass is 254 g/mol. The lowest BCUT2D eigenvalue weighted by Gasteiger charge is -2.16. The van der Waals surface area contributed by atoms with Gasteiger partial charge in [-0.25, -0.2) is 0 Å². The molecule has 0 spiro atoms. The fraction of sp³-hybridized carbons (Fsp3) is 0.462. The number of amides is 1. The molecule has 3 nitrogen and oxygen atoms in total. The van der Waals surface area contributed by atoms with Crippen molar-refractivity contribution in [1.82, 2.24) is 4.90 Å². The first kappa shape index (κ1) is 13.8. The third kappa shape index (κ3) is 3.13. The van der Waals surface area contributed by atoms with Crippen LogP contribution in [0.5, 0.6) is 0 Å². The van der Waals surface area contributed by atoms with Crippen LogP contribution in [-0.2, 0) is 0 Å². The summed E-state index contributed by atoms with van der Waals surface area (Å²) in [7, 11) is 0. The molecular weight excluding hydrogens is 236 g/mol. The Labute approximate surface area is 108 Å². The lowest BCUT2D eigenvalue weighted by Crippen LogP contribution is -2.28. The Morgan fingerprint density at radius 1 is 1.41 bits per heavy atom. The van der Waals surface area contributed by atoms with Crippen molar-refractivity contribution in [2.75, 3.05) is 18.8 Å². The molecule has 1 aromatic carbocycles. The standard InChI is InChI=1S/C13H18N2O.ClH/c1-2-10-7-8-15(9-10)13(16)11-3-5-12(14)6-4-11;/h3-6,10H,2,7-9,14H2,1H3;1H. The number of likely N-dealkylation sites (tertiary alicyclic amines) is 1. The van der Waals surface area contributed by atoms with Gasteiger partial charge in [-0.15, -0.1) is 12.4 Å². The predicted molar refractivity (Wildman–Crippen MR) is 72.4 cm³/mol. The van der Waals surface area contributed by atoms with Crippen molar-refractivity contribution < 1.29 is 4.79 Å². The second-order valence-corrected chi connectivity index (χ2v) is 4.44. The molecule has 2 rings (SSSR count). The predicted octanol–water partition coefficient (Wildman–Crippen LogP) is 2.56. The van der Waals surface area contributed by atoms with Crippen LogP contribution in [0.2, 0.25) is 0 Å². The number of anilines is 1. The number of nitrogens with zero attached hydrogens (tertiary/aromatic N) is 1. The smallest absolute Gasteiger partial charge is 0.253 e. The highest BCUT2D eigenvalue weighted by molar-refractivity contribution is 5.94. The molecule has 1 saturated heterocycles. The minimum atomic E-state index is 0. The molecule has 2 N–H and O–H groups in total. The van der Waals surface area contributed by atoms with Gasteiger partial charge in [0.15, 0.2) is 0 Å². The van der Waals surface area contributed by atoms with Crippen LogP contribution < -0.4 is 5.73 Å². The van der Waals surface area contributed by atoms with Crippen molar-refractivity contribution in [3.63, 3.8) is 0 Å². The summed E-state index contributed by atoms with van der Waals surface area (Å²) in [6.45, 7) is 3.98. The molecule has 1 atom stereocenters. The number of hydrogen-bond acceptors (Lipinski definition) is 2. The maximum atomic E-state index is 12.1. The van der Waals surface area contributed by atoms with Crippen molar-refractivity contribution in [1.29, 1.82) is 0 Å². The van der Waals surface area contributed by atoms with Crippen LogP contribution in [0.25, 0.3) is 0 Å². The SMILES string of the molecule is CCC1CCN(C(=O)c2ccc(N)cc2)C1.Cl. The van der Waals surface area contributed by atoms with Gasteiger partial charge in [0, 0.05) is 24.3 Å². The topological polar surface area (TPSA) is 46.3 Å². The van der Waals surface area contributed by atoms with Crippen LogP contribution in [0.4, 0.5) is 5.69 Å². The number of nitrogen functional groups attached to an aromatic ring is 1. The second kappa shape index (κ2) is 5.92. The molecule has 1 aliphatic heterocycles. The fourth-order valence-corrected chi connectivity index (χ4v) is 2.16. The molecule has 1 fully saturated rings. The van der Waals surface area contributed by atoms with E-state index in [4.69, 9.17) is 5.73 Å². The second-order valence-electron chi connectivity index (χ2n) is 4.44. The normalized spacial score (nSPS) is 18.9. The summed E-state index contributed by atoms with van der Waals surface area (Å²) in [6.07, 6.45) is 2.29. The highest BCUT2D eigenvalue weighted by atomic mass is 35.5. The summed E-state index contributed by atoms with van der Waals surface area (Å²) in [5.41, 5.74) is 7.04. The number of benzene rings is 1. The van der Waals surface area contributed by atoms with E-state index in [1.165, 1.54) is 0 Å². The van der Waals surface area contributed by atoms with Crippen molar-refractivity contribution in [2.45, 2.75) is 19.8 Å². The third-order valence-electron chi connectivity index (χ3n) is 3.31. The van der Waals surface area contributed by atoms with Crippen molar-refractivity contribution >= 4 is 24.0 Å². The molecule has 1 aliphatic rings. The zero-order valence-corrected chi connectivity index (χ0v) is 10.9. The molecule has 1 unspecified atom stereocenters. The van der Waals surface area contributed by atoms with E-state index < -0.39 is 0 Å². The first-order valence-electron chi connectivity index (χ1n) is 5.85. The number of carbonyl (C=O) groups excluding carboxylic acids is 1. The van der Waals surface area contributed by atoms with Gasteiger partial charge in [-0.3, -0.25) is 4.79 Å². The number of hydrogen-bond donors (Lipinski definition) is 1. The van der Waals surface area contributed by atoms with Gasteiger partial charge in [0.05, 0.1) is 0 Å². The van der Waals surface area contributed by atoms with Gasteiger partial charge in [0.2, 0.25) is 0 Å². The van der Waals surface area contributed by atoms with E-state index in [2.05, 4.69) is 6.92 Å². The van der Waals surface area contributed by atoms with Crippen LogP contribution in [0.3, 0.4) is 0 Å².